The van der Waals surface area contributed by atoms with Crippen LogP contribution in [0.4, 0.5) is 0 Å². The molecule has 0 amide bonds. The number of hydrogen-bond donors (Lipinski definition) is 1. The summed E-state index contributed by atoms with van der Waals surface area (Å²) in [5.74, 6) is 0. The third kappa shape index (κ3) is 4.35. The van der Waals surface area contributed by atoms with Gasteiger partial charge in [0.1, 0.15) is 0 Å². The summed E-state index contributed by atoms with van der Waals surface area (Å²) >= 11 is 13.3. The lowest BCUT2D eigenvalue weighted by Gasteiger charge is -2.08. The lowest BCUT2D eigenvalue weighted by Crippen LogP contribution is -2.21. The van der Waals surface area contributed by atoms with Crippen LogP contribution in [0.2, 0.25) is 10.0 Å². The van der Waals surface area contributed by atoms with Crippen LogP contribution in [0.1, 0.15) is 18.9 Å². The molecule has 0 saturated heterocycles. The molecule has 106 valence electrons. The molecule has 3 nitrogen and oxygen atoms in total. The van der Waals surface area contributed by atoms with E-state index in [9.17, 15) is 0 Å². The fourth-order valence-electron chi connectivity index (χ4n) is 1.59. The molecule has 2 N–H and O–H groups in total. The topological polar surface area (TPSA) is 51.8 Å². The molecule has 2 aromatic rings. The second-order valence-electron chi connectivity index (χ2n) is 4.42. The third-order valence-electron chi connectivity index (χ3n) is 2.80. The Morgan fingerprint density at radius 1 is 1.20 bits per heavy atom. The van der Waals surface area contributed by atoms with E-state index in [-0.39, 0.29) is 6.04 Å². The summed E-state index contributed by atoms with van der Waals surface area (Å²) in [6.07, 6.45) is 5.39. The molecule has 6 heteroatoms. The lowest BCUT2D eigenvalue weighted by atomic mass is 10.1. The van der Waals surface area contributed by atoms with Crippen molar-refractivity contribution in [2.45, 2.75) is 35.9 Å². The molecule has 0 aliphatic heterocycles. The largest absolute Gasteiger partial charge is 0.327 e. The Balaban J connectivity index is 2.04. The molecular weight excluding hydrogens is 313 g/mol. The summed E-state index contributed by atoms with van der Waals surface area (Å²) in [6, 6.07) is 5.62. The molecule has 0 spiro atoms. The van der Waals surface area contributed by atoms with Crippen LogP contribution in [0, 0.1) is 0 Å². The van der Waals surface area contributed by atoms with Crippen LogP contribution >= 0.6 is 35.0 Å². The first kappa shape index (κ1) is 15.6. The van der Waals surface area contributed by atoms with Crippen LogP contribution < -0.4 is 5.73 Å². The van der Waals surface area contributed by atoms with Crippen molar-refractivity contribution in [2.75, 3.05) is 0 Å². The maximum atomic E-state index is 5.98. The second kappa shape index (κ2) is 7.27. The Morgan fingerprint density at radius 3 is 2.50 bits per heavy atom. The van der Waals surface area contributed by atoms with Gasteiger partial charge in [-0.2, -0.15) is 0 Å². The number of rotatable bonds is 5. The van der Waals surface area contributed by atoms with E-state index in [1.165, 1.54) is 11.8 Å². The van der Waals surface area contributed by atoms with Crippen molar-refractivity contribution in [2.24, 2.45) is 5.73 Å². The van der Waals surface area contributed by atoms with E-state index in [4.69, 9.17) is 28.9 Å². The predicted molar refractivity (Wildman–Crippen MR) is 84.6 cm³/mol. The zero-order valence-electron chi connectivity index (χ0n) is 11.0. The molecule has 2 rings (SSSR count). The van der Waals surface area contributed by atoms with Gasteiger partial charge in [-0.05, 0) is 48.4 Å². The Labute approximate surface area is 132 Å². The van der Waals surface area contributed by atoms with Crippen molar-refractivity contribution >= 4 is 35.0 Å². The number of nitrogens with zero attached hydrogens (tertiary/aromatic N) is 2. The van der Waals surface area contributed by atoms with E-state index < -0.39 is 0 Å². The summed E-state index contributed by atoms with van der Waals surface area (Å²) in [7, 11) is 0. The summed E-state index contributed by atoms with van der Waals surface area (Å²) in [4.78, 5) is 9.62. The first-order valence-electron chi connectivity index (χ1n) is 6.28. The van der Waals surface area contributed by atoms with Gasteiger partial charge in [0.2, 0.25) is 0 Å². The van der Waals surface area contributed by atoms with Gasteiger partial charge in [-0.15, -0.1) is 0 Å². The molecule has 0 saturated carbocycles. The zero-order chi connectivity index (χ0) is 14.5. The number of halogens is 2. The standard InChI is InChI=1S/C14H15Cl2N3S/c1-2-10(17)5-9-7-18-14(19-8-9)20-11-3-4-12(15)13(16)6-11/h3-4,6-8,10H,2,5,17H2,1H3. The van der Waals surface area contributed by atoms with E-state index in [0.717, 1.165) is 23.3 Å². The highest BCUT2D eigenvalue weighted by Gasteiger charge is 2.06. The van der Waals surface area contributed by atoms with E-state index in [1.807, 2.05) is 18.5 Å². The van der Waals surface area contributed by atoms with E-state index in [2.05, 4.69) is 16.9 Å². The van der Waals surface area contributed by atoms with Crippen LogP contribution in [-0.4, -0.2) is 16.0 Å². The van der Waals surface area contributed by atoms with Gasteiger partial charge in [0.15, 0.2) is 5.16 Å². The van der Waals surface area contributed by atoms with E-state index in [0.29, 0.717) is 15.2 Å². The third-order valence-corrected chi connectivity index (χ3v) is 4.43. The molecule has 1 aromatic heterocycles. The summed E-state index contributed by atoms with van der Waals surface area (Å²) in [6.45, 7) is 2.07. The van der Waals surface area contributed by atoms with Crippen LogP contribution in [0.15, 0.2) is 40.6 Å². The average Bonchev–Trinajstić information content (AvgIpc) is 2.45. The monoisotopic (exact) mass is 327 g/mol. The first-order chi connectivity index (χ1) is 9.58. The minimum absolute atomic E-state index is 0.159. The molecule has 0 fully saturated rings. The maximum Gasteiger partial charge on any atom is 0.192 e. The normalized spacial score (nSPS) is 12.4. The minimum Gasteiger partial charge on any atom is -0.327 e. The quantitative estimate of drug-likeness (QED) is 0.835. The average molecular weight is 328 g/mol. The van der Waals surface area contributed by atoms with Crippen molar-refractivity contribution in [3.63, 3.8) is 0 Å². The summed E-state index contributed by atoms with van der Waals surface area (Å²) in [5, 5.41) is 1.75. The molecule has 1 aromatic carbocycles. The maximum absolute atomic E-state index is 5.98. The fourth-order valence-corrected chi connectivity index (χ4v) is 2.69. The Hall–Kier alpha value is -0.810. The summed E-state index contributed by atoms with van der Waals surface area (Å²) in [5.41, 5.74) is 6.96. The second-order valence-corrected chi connectivity index (χ2v) is 6.28. The molecule has 0 bridgehead atoms. The van der Waals surface area contributed by atoms with Crippen molar-refractivity contribution in [1.82, 2.24) is 9.97 Å². The van der Waals surface area contributed by atoms with Gasteiger partial charge in [-0.25, -0.2) is 9.97 Å². The highest BCUT2D eigenvalue weighted by molar-refractivity contribution is 7.99. The molecule has 0 radical (unpaired) electrons. The van der Waals surface area contributed by atoms with Gasteiger partial charge in [0.05, 0.1) is 10.0 Å². The van der Waals surface area contributed by atoms with Gasteiger partial charge >= 0.3 is 0 Å². The highest BCUT2D eigenvalue weighted by Crippen LogP contribution is 2.30. The smallest absolute Gasteiger partial charge is 0.192 e. The van der Waals surface area contributed by atoms with Crippen LogP contribution in [0.25, 0.3) is 0 Å². The number of aromatic nitrogens is 2. The Kier molecular flexibility index (Phi) is 5.66. The molecule has 20 heavy (non-hydrogen) atoms. The molecular formula is C14H15Cl2N3S. The molecule has 0 aliphatic rings. The minimum atomic E-state index is 0.159. The van der Waals surface area contributed by atoms with Crippen LogP contribution in [-0.2, 0) is 6.42 Å². The SMILES string of the molecule is CCC(N)Cc1cnc(Sc2ccc(Cl)c(Cl)c2)nc1. The zero-order valence-corrected chi connectivity index (χ0v) is 13.3. The van der Waals surface area contributed by atoms with Crippen molar-refractivity contribution in [1.29, 1.82) is 0 Å². The number of nitrogens with two attached hydrogens (primary N) is 1. The number of hydrogen-bond acceptors (Lipinski definition) is 4. The molecule has 1 atom stereocenters. The summed E-state index contributed by atoms with van der Waals surface area (Å²) < 4.78 is 0. The van der Waals surface area contributed by atoms with Gasteiger partial charge < -0.3 is 5.73 Å². The molecule has 1 unspecified atom stereocenters. The Morgan fingerprint density at radius 2 is 1.90 bits per heavy atom. The number of benzene rings is 1. The first-order valence-corrected chi connectivity index (χ1v) is 7.85. The molecule has 1 heterocycles. The lowest BCUT2D eigenvalue weighted by molar-refractivity contribution is 0.641. The fraction of sp³-hybridized carbons (Fsp3) is 0.286. The Bertz CT molecular complexity index is 575. The van der Waals surface area contributed by atoms with E-state index in [1.54, 1.807) is 12.1 Å². The molecule has 0 aliphatic carbocycles. The van der Waals surface area contributed by atoms with Gasteiger partial charge in [-0.1, -0.05) is 30.1 Å². The van der Waals surface area contributed by atoms with Gasteiger partial charge in [0, 0.05) is 23.3 Å². The van der Waals surface area contributed by atoms with Gasteiger partial charge in [0.25, 0.3) is 0 Å². The van der Waals surface area contributed by atoms with Gasteiger partial charge in [-0.3, -0.25) is 0 Å². The van der Waals surface area contributed by atoms with Crippen LogP contribution in [0.3, 0.4) is 0 Å². The van der Waals surface area contributed by atoms with Crippen LogP contribution in [0.5, 0.6) is 0 Å². The van der Waals surface area contributed by atoms with E-state index >= 15 is 0 Å². The predicted octanol–water partition coefficient (Wildman–Crippen LogP) is 4.21. The van der Waals surface area contributed by atoms with Crippen molar-refractivity contribution in [3.8, 4) is 0 Å². The van der Waals surface area contributed by atoms with Crippen molar-refractivity contribution in [3.05, 3.63) is 46.2 Å². The highest BCUT2D eigenvalue weighted by atomic mass is 35.5. The van der Waals surface area contributed by atoms with Crippen molar-refractivity contribution < 1.29 is 0 Å².